The Hall–Kier alpha value is -1.61. The van der Waals surface area contributed by atoms with E-state index in [9.17, 15) is 4.39 Å². The van der Waals surface area contributed by atoms with Crippen molar-refractivity contribution in [3.8, 4) is 0 Å². The summed E-state index contributed by atoms with van der Waals surface area (Å²) in [6, 6.07) is 10.7. The molecule has 2 aromatic rings. The lowest BCUT2D eigenvalue weighted by atomic mass is 10.2. The van der Waals surface area contributed by atoms with Crippen LogP contribution >= 0.6 is 0 Å². The number of nitrogens with one attached hydrogen (secondary N) is 1. The fraction of sp³-hybridized carbons (Fsp3) is 0.231. The third kappa shape index (κ3) is 2.49. The van der Waals surface area contributed by atoms with Crippen LogP contribution in [0.25, 0.3) is 0 Å². The normalized spacial score (nSPS) is 10.6. The zero-order valence-electron chi connectivity index (χ0n) is 9.28. The molecule has 16 heavy (non-hydrogen) atoms. The summed E-state index contributed by atoms with van der Waals surface area (Å²) >= 11 is 0. The van der Waals surface area contributed by atoms with Crippen molar-refractivity contribution in [2.24, 2.45) is 0 Å². The molecule has 84 valence electrons. The van der Waals surface area contributed by atoms with Gasteiger partial charge in [-0.2, -0.15) is 0 Å². The summed E-state index contributed by atoms with van der Waals surface area (Å²) < 4.78 is 14.9. The van der Waals surface area contributed by atoms with E-state index in [1.165, 1.54) is 17.8 Å². The molecule has 2 nitrogen and oxygen atoms in total. The molecule has 2 rings (SSSR count). The van der Waals surface area contributed by atoms with Crippen molar-refractivity contribution in [3.05, 3.63) is 59.7 Å². The van der Waals surface area contributed by atoms with Gasteiger partial charge in [0.25, 0.3) is 0 Å². The van der Waals surface area contributed by atoms with Crippen molar-refractivity contribution in [1.82, 2.24) is 9.88 Å². The van der Waals surface area contributed by atoms with Gasteiger partial charge in [-0.3, -0.25) is 0 Å². The minimum Gasteiger partial charge on any atom is -0.346 e. The Kier molecular flexibility index (Phi) is 3.37. The van der Waals surface area contributed by atoms with Crippen LogP contribution in [0.4, 0.5) is 4.39 Å². The van der Waals surface area contributed by atoms with Gasteiger partial charge in [-0.25, -0.2) is 4.39 Å². The maximum Gasteiger partial charge on any atom is 0.123 e. The van der Waals surface area contributed by atoms with E-state index in [0.29, 0.717) is 0 Å². The fourth-order valence-corrected chi connectivity index (χ4v) is 1.73. The van der Waals surface area contributed by atoms with E-state index in [2.05, 4.69) is 16.0 Å². The molecule has 1 aromatic carbocycles. The summed E-state index contributed by atoms with van der Waals surface area (Å²) in [7, 11) is 1.93. The van der Waals surface area contributed by atoms with E-state index < -0.39 is 0 Å². The van der Waals surface area contributed by atoms with Gasteiger partial charge in [0.2, 0.25) is 0 Å². The van der Waals surface area contributed by atoms with E-state index in [0.717, 1.165) is 18.7 Å². The molecule has 0 atom stereocenters. The van der Waals surface area contributed by atoms with Crippen molar-refractivity contribution < 1.29 is 4.39 Å². The number of halogens is 1. The fourth-order valence-electron chi connectivity index (χ4n) is 1.73. The van der Waals surface area contributed by atoms with E-state index in [1.54, 1.807) is 0 Å². The van der Waals surface area contributed by atoms with Crippen LogP contribution < -0.4 is 5.32 Å². The quantitative estimate of drug-likeness (QED) is 0.833. The Morgan fingerprint density at radius 2 is 1.94 bits per heavy atom. The zero-order valence-corrected chi connectivity index (χ0v) is 9.28. The van der Waals surface area contributed by atoms with E-state index in [4.69, 9.17) is 0 Å². The molecule has 0 unspecified atom stereocenters. The summed E-state index contributed by atoms with van der Waals surface area (Å²) in [5.41, 5.74) is 2.33. The Balaban J connectivity index is 2.13. The Morgan fingerprint density at radius 3 is 2.62 bits per heavy atom. The highest BCUT2D eigenvalue weighted by atomic mass is 19.1. The number of aromatic nitrogens is 1. The lowest BCUT2D eigenvalue weighted by molar-refractivity contribution is 0.625. The van der Waals surface area contributed by atoms with Crippen LogP contribution in [0, 0.1) is 5.82 Å². The third-order valence-electron chi connectivity index (χ3n) is 2.55. The highest BCUT2D eigenvalue weighted by Crippen LogP contribution is 2.08. The second-order valence-corrected chi connectivity index (χ2v) is 3.78. The van der Waals surface area contributed by atoms with Crippen molar-refractivity contribution in [1.29, 1.82) is 0 Å². The number of hydrogen-bond acceptors (Lipinski definition) is 1. The predicted molar refractivity (Wildman–Crippen MR) is 62.7 cm³/mol. The van der Waals surface area contributed by atoms with Gasteiger partial charge in [0, 0.05) is 25.0 Å². The minimum absolute atomic E-state index is 0.188. The van der Waals surface area contributed by atoms with Crippen LogP contribution in [-0.2, 0) is 13.1 Å². The maximum absolute atomic E-state index is 12.7. The first-order valence-corrected chi connectivity index (χ1v) is 5.32. The van der Waals surface area contributed by atoms with Crippen LogP contribution in [0.15, 0.2) is 42.6 Å². The first-order valence-electron chi connectivity index (χ1n) is 5.32. The molecule has 0 fully saturated rings. The van der Waals surface area contributed by atoms with Crippen LogP contribution in [0.5, 0.6) is 0 Å². The molecular formula is C13H15FN2. The molecule has 3 heteroatoms. The van der Waals surface area contributed by atoms with E-state index in [1.807, 2.05) is 31.4 Å². The van der Waals surface area contributed by atoms with Gasteiger partial charge in [-0.1, -0.05) is 12.1 Å². The van der Waals surface area contributed by atoms with Gasteiger partial charge < -0.3 is 9.88 Å². The summed E-state index contributed by atoms with van der Waals surface area (Å²) in [5, 5.41) is 3.12. The van der Waals surface area contributed by atoms with Gasteiger partial charge in [0.15, 0.2) is 0 Å². The van der Waals surface area contributed by atoms with E-state index >= 15 is 0 Å². The molecular weight excluding hydrogens is 203 g/mol. The monoisotopic (exact) mass is 218 g/mol. The summed E-state index contributed by atoms with van der Waals surface area (Å²) in [6.07, 6.45) is 2.04. The summed E-state index contributed by atoms with van der Waals surface area (Å²) in [4.78, 5) is 0. The maximum atomic E-state index is 12.7. The van der Waals surface area contributed by atoms with Gasteiger partial charge in [-0.05, 0) is 36.9 Å². The lowest BCUT2D eigenvalue weighted by Crippen LogP contribution is -2.11. The van der Waals surface area contributed by atoms with Gasteiger partial charge in [-0.15, -0.1) is 0 Å². The average molecular weight is 218 g/mol. The van der Waals surface area contributed by atoms with Crippen LogP contribution in [-0.4, -0.2) is 11.6 Å². The van der Waals surface area contributed by atoms with Crippen LogP contribution in [0.2, 0.25) is 0 Å². The van der Waals surface area contributed by atoms with Gasteiger partial charge in [0.1, 0.15) is 5.82 Å². The number of hydrogen-bond donors (Lipinski definition) is 1. The highest BCUT2D eigenvalue weighted by Gasteiger charge is 2.00. The molecule has 0 aliphatic heterocycles. The zero-order chi connectivity index (χ0) is 11.4. The van der Waals surface area contributed by atoms with Gasteiger partial charge >= 0.3 is 0 Å². The SMILES string of the molecule is CNCc1cccn1Cc1ccc(F)cc1. The summed E-state index contributed by atoms with van der Waals surface area (Å²) in [6.45, 7) is 1.62. The number of benzene rings is 1. The summed E-state index contributed by atoms with van der Waals surface area (Å²) in [5.74, 6) is -0.188. The van der Waals surface area contributed by atoms with Crippen LogP contribution in [0.3, 0.4) is 0 Å². The topological polar surface area (TPSA) is 17.0 Å². The molecule has 0 radical (unpaired) electrons. The number of nitrogens with zero attached hydrogens (tertiary/aromatic N) is 1. The van der Waals surface area contributed by atoms with Gasteiger partial charge in [0.05, 0.1) is 0 Å². The molecule has 0 aliphatic rings. The van der Waals surface area contributed by atoms with E-state index in [-0.39, 0.29) is 5.82 Å². The first-order chi connectivity index (χ1) is 7.79. The largest absolute Gasteiger partial charge is 0.346 e. The molecule has 1 N–H and O–H groups in total. The molecule has 1 heterocycles. The molecule has 0 saturated carbocycles. The predicted octanol–water partition coefficient (Wildman–Crippen LogP) is 2.39. The Morgan fingerprint density at radius 1 is 1.19 bits per heavy atom. The van der Waals surface area contributed by atoms with Crippen LogP contribution in [0.1, 0.15) is 11.3 Å². The molecule has 0 saturated heterocycles. The molecule has 0 amide bonds. The van der Waals surface area contributed by atoms with Crippen molar-refractivity contribution >= 4 is 0 Å². The standard InChI is InChI=1S/C13H15FN2/c1-15-9-13-3-2-8-16(13)10-11-4-6-12(14)7-5-11/h2-8,15H,9-10H2,1H3. The molecule has 0 bridgehead atoms. The Bertz CT molecular complexity index is 445. The molecule has 0 aliphatic carbocycles. The molecule has 1 aromatic heterocycles. The second-order valence-electron chi connectivity index (χ2n) is 3.78. The average Bonchev–Trinajstić information content (AvgIpc) is 2.70. The highest BCUT2D eigenvalue weighted by molar-refractivity contribution is 5.18. The molecule has 0 spiro atoms. The van der Waals surface area contributed by atoms with Crippen molar-refractivity contribution in [3.63, 3.8) is 0 Å². The van der Waals surface area contributed by atoms with Crippen molar-refractivity contribution in [2.75, 3.05) is 7.05 Å². The second kappa shape index (κ2) is 4.94. The lowest BCUT2D eigenvalue weighted by Gasteiger charge is -2.08. The van der Waals surface area contributed by atoms with Crippen molar-refractivity contribution in [2.45, 2.75) is 13.1 Å². The Labute approximate surface area is 94.7 Å². The third-order valence-corrected chi connectivity index (χ3v) is 2.55. The first kappa shape index (κ1) is 10.9. The smallest absolute Gasteiger partial charge is 0.123 e. The number of rotatable bonds is 4. The minimum atomic E-state index is -0.188.